The molecule has 5 heteroatoms. The topological polar surface area (TPSA) is 52.6 Å². The Hall–Kier alpha value is -2.79. The first-order valence-electron chi connectivity index (χ1n) is 8.70. The smallest absolute Gasteiger partial charge is 0.262 e. The Kier molecular flexibility index (Phi) is 4.40. The summed E-state index contributed by atoms with van der Waals surface area (Å²) in [5.41, 5.74) is 4.95. The molecule has 0 radical (unpaired) electrons. The number of phenols is 1. The zero-order chi connectivity index (χ0) is 19.1. The second kappa shape index (κ2) is 6.74. The molecule has 0 aliphatic carbocycles. The molecule has 1 heterocycles. The summed E-state index contributed by atoms with van der Waals surface area (Å²) in [6, 6.07) is 18.7. The number of phenolic OH excluding ortho intramolecular Hbond substituents is 1. The van der Waals surface area contributed by atoms with Crippen LogP contribution >= 0.6 is 15.9 Å². The molecule has 0 fully saturated rings. The van der Waals surface area contributed by atoms with Gasteiger partial charge >= 0.3 is 0 Å². The lowest BCUT2D eigenvalue weighted by Gasteiger charge is -2.38. The third kappa shape index (κ3) is 3.19. The van der Waals surface area contributed by atoms with Gasteiger partial charge in [-0.2, -0.15) is 0 Å². The van der Waals surface area contributed by atoms with E-state index in [4.69, 9.17) is 0 Å². The molecule has 1 aliphatic rings. The molecule has 27 heavy (non-hydrogen) atoms. The summed E-state index contributed by atoms with van der Waals surface area (Å²) in [6.45, 7) is 4.02. The average molecular weight is 423 g/mol. The Labute approximate surface area is 166 Å². The van der Waals surface area contributed by atoms with E-state index in [1.54, 1.807) is 17.0 Å². The maximum Gasteiger partial charge on any atom is 0.262 e. The molecule has 1 amide bonds. The first kappa shape index (κ1) is 17.6. The summed E-state index contributed by atoms with van der Waals surface area (Å²) in [6.07, 6.45) is -0.522. The summed E-state index contributed by atoms with van der Waals surface area (Å²) in [5.74, 6) is 0.0379. The van der Waals surface area contributed by atoms with Crippen molar-refractivity contribution >= 4 is 33.2 Å². The van der Waals surface area contributed by atoms with Crippen molar-refractivity contribution in [1.29, 1.82) is 0 Å². The maximum atomic E-state index is 13.4. The molecule has 0 saturated heterocycles. The van der Waals surface area contributed by atoms with Crippen LogP contribution in [0.15, 0.2) is 65.1 Å². The van der Waals surface area contributed by atoms with Gasteiger partial charge in [-0.1, -0.05) is 34.1 Å². The van der Waals surface area contributed by atoms with E-state index in [-0.39, 0.29) is 11.7 Å². The van der Waals surface area contributed by atoms with Crippen LogP contribution in [0, 0.1) is 13.8 Å². The van der Waals surface area contributed by atoms with Crippen LogP contribution in [-0.2, 0) is 0 Å². The van der Waals surface area contributed by atoms with E-state index in [0.29, 0.717) is 11.1 Å². The fourth-order valence-electron chi connectivity index (χ4n) is 3.57. The Morgan fingerprint density at radius 3 is 2.44 bits per heavy atom. The van der Waals surface area contributed by atoms with Crippen LogP contribution in [0.3, 0.4) is 0 Å². The van der Waals surface area contributed by atoms with E-state index >= 15 is 0 Å². The van der Waals surface area contributed by atoms with Crippen LogP contribution in [0.1, 0.15) is 33.2 Å². The Morgan fingerprint density at radius 1 is 1.00 bits per heavy atom. The molecule has 0 saturated carbocycles. The molecule has 1 aliphatic heterocycles. The van der Waals surface area contributed by atoms with Crippen molar-refractivity contribution in [2.45, 2.75) is 20.0 Å². The summed E-state index contributed by atoms with van der Waals surface area (Å²) >= 11 is 3.47. The molecule has 0 aromatic heterocycles. The lowest BCUT2D eigenvalue weighted by atomic mass is 10.0. The molecule has 4 rings (SSSR count). The van der Waals surface area contributed by atoms with E-state index in [1.165, 1.54) is 0 Å². The van der Waals surface area contributed by atoms with Crippen LogP contribution in [0.5, 0.6) is 5.75 Å². The van der Waals surface area contributed by atoms with E-state index in [9.17, 15) is 9.90 Å². The number of hydrogen-bond donors (Lipinski definition) is 2. The molecule has 3 aromatic rings. The number of fused-ring (bicyclic) bond motifs is 1. The zero-order valence-corrected chi connectivity index (χ0v) is 16.6. The second-order valence-corrected chi connectivity index (χ2v) is 7.73. The second-order valence-electron chi connectivity index (χ2n) is 6.82. The Balaban J connectivity index is 1.93. The van der Waals surface area contributed by atoms with Crippen molar-refractivity contribution in [3.8, 4) is 5.75 Å². The highest BCUT2D eigenvalue weighted by Crippen LogP contribution is 2.40. The number of carbonyl (C=O) groups is 1. The zero-order valence-electron chi connectivity index (χ0n) is 15.0. The number of nitrogens with one attached hydrogen (secondary N) is 1. The molecule has 1 atom stereocenters. The van der Waals surface area contributed by atoms with Crippen LogP contribution in [0.2, 0.25) is 0 Å². The molecular weight excluding hydrogens is 404 g/mol. The van der Waals surface area contributed by atoms with Gasteiger partial charge in [0.15, 0.2) is 0 Å². The number of carbonyl (C=O) groups excluding carboxylic acids is 1. The predicted molar refractivity (Wildman–Crippen MR) is 111 cm³/mol. The van der Waals surface area contributed by atoms with Crippen molar-refractivity contribution in [3.63, 3.8) is 0 Å². The van der Waals surface area contributed by atoms with Gasteiger partial charge in [-0.3, -0.25) is 9.69 Å². The van der Waals surface area contributed by atoms with Gasteiger partial charge in [0.05, 0.1) is 5.56 Å². The van der Waals surface area contributed by atoms with Gasteiger partial charge in [-0.15, -0.1) is 0 Å². The predicted octanol–water partition coefficient (Wildman–Crippen LogP) is 5.54. The molecule has 3 aromatic carbocycles. The molecule has 4 nitrogen and oxygen atoms in total. The number of nitrogens with zero attached hydrogens (tertiary/aromatic N) is 1. The first-order valence-corrected chi connectivity index (χ1v) is 9.49. The van der Waals surface area contributed by atoms with Gasteiger partial charge in [0, 0.05) is 21.4 Å². The SMILES string of the molecule is Cc1cc(C)cc(N2C(=O)c3ccccc3NC2c2cc(Br)ccc2O)c1. The van der Waals surface area contributed by atoms with Crippen LogP contribution < -0.4 is 10.2 Å². The molecule has 136 valence electrons. The van der Waals surface area contributed by atoms with Crippen LogP contribution in [0.4, 0.5) is 11.4 Å². The van der Waals surface area contributed by atoms with Crippen molar-refractivity contribution < 1.29 is 9.90 Å². The number of rotatable bonds is 2. The van der Waals surface area contributed by atoms with E-state index in [1.807, 2.05) is 56.3 Å². The summed E-state index contributed by atoms with van der Waals surface area (Å²) in [7, 11) is 0. The van der Waals surface area contributed by atoms with E-state index < -0.39 is 6.17 Å². The van der Waals surface area contributed by atoms with Crippen molar-refractivity contribution in [1.82, 2.24) is 0 Å². The minimum absolute atomic E-state index is 0.0984. The number of para-hydroxylation sites is 1. The fourth-order valence-corrected chi connectivity index (χ4v) is 3.95. The number of aromatic hydroxyl groups is 1. The van der Waals surface area contributed by atoms with Gasteiger partial charge in [0.1, 0.15) is 11.9 Å². The molecule has 0 spiro atoms. The number of benzene rings is 3. The maximum absolute atomic E-state index is 13.4. The van der Waals surface area contributed by atoms with Gasteiger partial charge < -0.3 is 10.4 Å². The Morgan fingerprint density at radius 2 is 1.70 bits per heavy atom. The number of aryl methyl sites for hydroxylation is 2. The highest BCUT2D eigenvalue weighted by Gasteiger charge is 2.35. The number of anilines is 2. The quantitative estimate of drug-likeness (QED) is 0.569. The number of amides is 1. The highest BCUT2D eigenvalue weighted by atomic mass is 79.9. The standard InChI is InChI=1S/C22H19BrN2O2/c1-13-9-14(2)11-16(10-13)25-21(18-12-15(23)7-8-20(18)26)24-19-6-4-3-5-17(19)22(25)27/h3-12,21,24,26H,1-2H3. The Bertz CT molecular complexity index is 1030. The monoisotopic (exact) mass is 422 g/mol. The highest BCUT2D eigenvalue weighted by molar-refractivity contribution is 9.10. The molecule has 2 N–H and O–H groups in total. The largest absolute Gasteiger partial charge is 0.508 e. The van der Waals surface area contributed by atoms with E-state index in [0.717, 1.165) is 27.0 Å². The van der Waals surface area contributed by atoms with E-state index in [2.05, 4.69) is 27.3 Å². The van der Waals surface area contributed by atoms with Crippen molar-refractivity contribution in [2.75, 3.05) is 10.2 Å². The minimum Gasteiger partial charge on any atom is -0.508 e. The van der Waals surface area contributed by atoms with Gasteiger partial charge in [-0.25, -0.2) is 0 Å². The van der Waals surface area contributed by atoms with Crippen molar-refractivity contribution in [3.05, 3.63) is 87.4 Å². The lowest BCUT2D eigenvalue weighted by Crippen LogP contribution is -2.43. The molecular formula is C22H19BrN2O2. The normalized spacial score (nSPS) is 16.0. The summed E-state index contributed by atoms with van der Waals surface area (Å²) in [5, 5.41) is 13.9. The van der Waals surface area contributed by atoms with Crippen LogP contribution in [-0.4, -0.2) is 11.0 Å². The van der Waals surface area contributed by atoms with Crippen molar-refractivity contribution in [2.24, 2.45) is 0 Å². The summed E-state index contributed by atoms with van der Waals surface area (Å²) in [4.78, 5) is 15.1. The lowest BCUT2D eigenvalue weighted by molar-refractivity contribution is 0.0974. The third-order valence-electron chi connectivity index (χ3n) is 4.70. The average Bonchev–Trinajstić information content (AvgIpc) is 2.63. The first-order chi connectivity index (χ1) is 12.9. The minimum atomic E-state index is -0.522. The van der Waals surface area contributed by atoms with Gasteiger partial charge in [-0.05, 0) is 67.4 Å². The fraction of sp³-hybridized carbons (Fsp3) is 0.136. The third-order valence-corrected chi connectivity index (χ3v) is 5.19. The van der Waals surface area contributed by atoms with Crippen LogP contribution in [0.25, 0.3) is 0 Å². The summed E-state index contributed by atoms with van der Waals surface area (Å²) < 4.78 is 0.837. The number of halogens is 1. The molecule has 1 unspecified atom stereocenters. The van der Waals surface area contributed by atoms with Gasteiger partial charge in [0.2, 0.25) is 0 Å². The van der Waals surface area contributed by atoms with Gasteiger partial charge in [0.25, 0.3) is 5.91 Å². The number of hydrogen-bond acceptors (Lipinski definition) is 3. The molecule has 0 bridgehead atoms.